The van der Waals surface area contributed by atoms with Crippen LogP contribution in [0.3, 0.4) is 0 Å². The minimum Gasteiger partial charge on any atom is -0.478 e. The normalized spacial score (nSPS) is 11.6. The second-order valence-corrected chi connectivity index (χ2v) is 12.5. The van der Waals surface area contributed by atoms with Crippen LogP contribution < -0.4 is 0 Å². The Bertz CT molecular complexity index is 789. The summed E-state index contributed by atoms with van der Waals surface area (Å²) in [5.41, 5.74) is 0.708. The smallest absolute Gasteiger partial charge is 0.336 e. The highest BCUT2D eigenvalue weighted by atomic mass is 16.4. The number of benzene rings is 1. The van der Waals surface area contributed by atoms with Gasteiger partial charge in [-0.15, -0.1) is 0 Å². The Hall–Kier alpha value is -2.37. The van der Waals surface area contributed by atoms with Crippen LogP contribution in [0.25, 0.3) is 0 Å². The molecule has 222 valence electrons. The zero-order valence-electron chi connectivity index (χ0n) is 25.4. The van der Waals surface area contributed by atoms with Gasteiger partial charge in [0.25, 0.3) is 0 Å². The van der Waals surface area contributed by atoms with Gasteiger partial charge in [-0.05, 0) is 73.0 Å². The average molecular weight is 547 g/mol. The van der Waals surface area contributed by atoms with E-state index in [9.17, 15) is 29.7 Å². The minimum absolute atomic E-state index is 0.0823. The van der Waals surface area contributed by atoms with Crippen LogP contribution in [0.1, 0.15) is 166 Å². The van der Waals surface area contributed by atoms with Crippen LogP contribution in [0.15, 0.2) is 0 Å². The molecule has 0 aliphatic carbocycles. The molecular weight excluding hydrogens is 492 g/mol. The summed E-state index contributed by atoms with van der Waals surface area (Å²) < 4.78 is 0. The van der Waals surface area contributed by atoms with Gasteiger partial charge in [-0.3, -0.25) is 0 Å². The molecule has 0 unspecified atom stereocenters. The third-order valence-corrected chi connectivity index (χ3v) is 7.58. The summed E-state index contributed by atoms with van der Waals surface area (Å²) in [7, 11) is 0. The first kappa shape index (κ1) is 34.7. The van der Waals surface area contributed by atoms with Crippen LogP contribution in [0, 0.1) is 17.8 Å². The van der Waals surface area contributed by atoms with Crippen LogP contribution in [0.4, 0.5) is 0 Å². The number of hydrogen-bond acceptors (Lipinski definition) is 3. The molecule has 39 heavy (non-hydrogen) atoms. The number of unbranched alkanes of at least 4 members (excludes halogenated alkanes) is 6. The molecular formula is C33H54O6. The largest absolute Gasteiger partial charge is 0.478 e. The number of aromatic carboxylic acids is 3. The van der Waals surface area contributed by atoms with Gasteiger partial charge in [-0.2, -0.15) is 0 Å². The van der Waals surface area contributed by atoms with Gasteiger partial charge in [0.1, 0.15) is 0 Å². The van der Waals surface area contributed by atoms with E-state index in [2.05, 4.69) is 41.5 Å². The van der Waals surface area contributed by atoms with E-state index < -0.39 is 17.9 Å². The van der Waals surface area contributed by atoms with Crippen molar-refractivity contribution in [3.8, 4) is 0 Å². The third kappa shape index (κ3) is 12.1. The molecule has 0 heterocycles. The van der Waals surface area contributed by atoms with Crippen LogP contribution in [-0.2, 0) is 19.3 Å². The molecule has 0 aromatic heterocycles. The summed E-state index contributed by atoms with van der Waals surface area (Å²) in [6.45, 7) is 13.0. The van der Waals surface area contributed by atoms with E-state index in [1.807, 2.05) is 0 Å². The number of carbonyl (C=O) groups is 3. The monoisotopic (exact) mass is 546 g/mol. The zero-order chi connectivity index (χ0) is 29.5. The maximum atomic E-state index is 12.6. The Kier molecular flexibility index (Phi) is 16.1. The highest BCUT2D eigenvalue weighted by Gasteiger charge is 2.32. The van der Waals surface area contributed by atoms with Gasteiger partial charge in [-0.1, -0.05) is 99.3 Å². The predicted molar refractivity (Wildman–Crippen MR) is 158 cm³/mol. The van der Waals surface area contributed by atoms with Crippen LogP contribution >= 0.6 is 0 Å². The van der Waals surface area contributed by atoms with Gasteiger partial charge >= 0.3 is 17.9 Å². The van der Waals surface area contributed by atoms with Gasteiger partial charge in [0.2, 0.25) is 0 Å². The first-order valence-electron chi connectivity index (χ1n) is 15.3. The number of hydrogen-bond donors (Lipinski definition) is 3. The molecule has 0 radical (unpaired) electrons. The van der Waals surface area contributed by atoms with Gasteiger partial charge < -0.3 is 15.3 Å². The quantitative estimate of drug-likeness (QED) is 0.133. The number of carboxylic acid groups (broad SMARTS) is 3. The molecule has 0 saturated heterocycles. The number of carboxylic acids is 3. The standard InChI is InChI=1S/C33H54O6/c1-22(2)16-10-7-13-19-25-28(31(34)35)26(20-14-8-11-17-23(3)4)30(33(38)39)27(29(25)32(36)37)21-15-9-12-18-24(5)6/h22-24H,7-21H2,1-6H3,(H,34,35)(H,36,37)(H,38,39). The van der Waals surface area contributed by atoms with Crippen molar-refractivity contribution >= 4 is 17.9 Å². The lowest BCUT2D eigenvalue weighted by Gasteiger charge is -2.22. The predicted octanol–water partition coefficient (Wildman–Crippen LogP) is 9.06. The van der Waals surface area contributed by atoms with E-state index in [0.29, 0.717) is 73.0 Å². The lowest BCUT2D eigenvalue weighted by Crippen LogP contribution is -2.22. The zero-order valence-corrected chi connectivity index (χ0v) is 25.4. The topological polar surface area (TPSA) is 112 Å². The Morgan fingerprint density at radius 3 is 0.846 bits per heavy atom. The Labute approximate surface area is 236 Å². The molecule has 3 N–H and O–H groups in total. The molecule has 0 spiro atoms. The Morgan fingerprint density at radius 2 is 0.667 bits per heavy atom. The maximum Gasteiger partial charge on any atom is 0.336 e. The van der Waals surface area contributed by atoms with Crippen molar-refractivity contribution in [3.63, 3.8) is 0 Å². The van der Waals surface area contributed by atoms with E-state index in [4.69, 9.17) is 0 Å². The van der Waals surface area contributed by atoms with E-state index in [1.54, 1.807) is 0 Å². The summed E-state index contributed by atoms with van der Waals surface area (Å²) >= 11 is 0. The molecule has 0 atom stereocenters. The Balaban J connectivity index is 3.56. The third-order valence-electron chi connectivity index (χ3n) is 7.58. The minimum atomic E-state index is -1.22. The van der Waals surface area contributed by atoms with Gasteiger partial charge in [0.15, 0.2) is 0 Å². The SMILES string of the molecule is CC(C)CCCCCc1c(C(=O)O)c(CCCCCC(C)C)c(C(=O)O)c(CCCCCC(C)C)c1C(=O)O. The fourth-order valence-electron chi connectivity index (χ4n) is 5.54. The second kappa shape index (κ2) is 18.1. The lowest BCUT2D eigenvalue weighted by molar-refractivity contribution is 0.0693. The second-order valence-electron chi connectivity index (χ2n) is 12.5. The van der Waals surface area contributed by atoms with Crippen molar-refractivity contribution < 1.29 is 29.7 Å². The van der Waals surface area contributed by atoms with Gasteiger partial charge in [0.05, 0.1) is 16.7 Å². The van der Waals surface area contributed by atoms with E-state index >= 15 is 0 Å². The summed E-state index contributed by atoms with van der Waals surface area (Å²) in [5.74, 6) is -1.94. The van der Waals surface area contributed by atoms with E-state index in [1.165, 1.54) is 0 Å². The first-order valence-corrected chi connectivity index (χ1v) is 15.3. The lowest BCUT2D eigenvalue weighted by atomic mass is 9.80. The first-order chi connectivity index (χ1) is 18.4. The van der Waals surface area contributed by atoms with Gasteiger partial charge in [-0.25, -0.2) is 14.4 Å². The molecule has 1 rings (SSSR count). The molecule has 0 aliphatic heterocycles. The fourth-order valence-corrected chi connectivity index (χ4v) is 5.54. The summed E-state index contributed by atoms with van der Waals surface area (Å²) in [5, 5.41) is 30.9. The molecule has 1 aromatic rings. The van der Waals surface area contributed by atoms with Crippen LogP contribution in [-0.4, -0.2) is 33.2 Å². The summed E-state index contributed by atoms with van der Waals surface area (Å²) in [6.07, 6.45) is 11.9. The molecule has 1 aromatic carbocycles. The van der Waals surface area contributed by atoms with Crippen molar-refractivity contribution in [2.45, 2.75) is 138 Å². The van der Waals surface area contributed by atoms with Crippen molar-refractivity contribution in [2.24, 2.45) is 17.8 Å². The molecule has 0 fully saturated rings. The number of rotatable bonds is 21. The van der Waals surface area contributed by atoms with Crippen molar-refractivity contribution in [2.75, 3.05) is 0 Å². The highest BCUT2D eigenvalue weighted by Crippen LogP contribution is 2.33. The van der Waals surface area contributed by atoms with Crippen molar-refractivity contribution in [1.29, 1.82) is 0 Å². The van der Waals surface area contributed by atoms with Crippen molar-refractivity contribution in [1.82, 2.24) is 0 Å². The Morgan fingerprint density at radius 1 is 0.436 bits per heavy atom. The average Bonchev–Trinajstić information content (AvgIpc) is 2.81. The summed E-state index contributed by atoms with van der Waals surface area (Å²) in [4.78, 5) is 37.9. The molecule has 0 aliphatic rings. The molecule has 0 bridgehead atoms. The van der Waals surface area contributed by atoms with E-state index in [-0.39, 0.29) is 16.7 Å². The maximum absolute atomic E-state index is 12.6. The van der Waals surface area contributed by atoms with E-state index in [0.717, 1.165) is 57.8 Å². The van der Waals surface area contributed by atoms with Gasteiger partial charge in [0, 0.05) is 0 Å². The molecule has 6 heteroatoms. The van der Waals surface area contributed by atoms with Crippen LogP contribution in [0.2, 0.25) is 0 Å². The molecule has 0 amide bonds. The summed E-state index contributed by atoms with van der Waals surface area (Å²) in [6, 6.07) is 0. The fraction of sp³-hybridized carbons (Fsp3) is 0.727. The molecule has 6 nitrogen and oxygen atoms in total. The van der Waals surface area contributed by atoms with Crippen molar-refractivity contribution in [3.05, 3.63) is 33.4 Å². The van der Waals surface area contributed by atoms with Crippen LogP contribution in [0.5, 0.6) is 0 Å². The highest BCUT2D eigenvalue weighted by molar-refractivity contribution is 6.05. The molecule has 0 saturated carbocycles.